The molecule has 0 amide bonds. The lowest BCUT2D eigenvalue weighted by molar-refractivity contribution is 0.149. The van der Waals surface area contributed by atoms with E-state index < -0.39 is 11.9 Å². The first kappa shape index (κ1) is 10.3. The predicted molar refractivity (Wildman–Crippen MR) is 54.6 cm³/mol. The number of nitrogens with zero attached hydrogens (tertiary/aromatic N) is 5. The summed E-state index contributed by atoms with van der Waals surface area (Å²) in [6.07, 6.45) is 5.13. The van der Waals surface area contributed by atoms with Crippen LogP contribution in [0.4, 0.5) is 4.39 Å². The Balaban J connectivity index is 1.86. The fourth-order valence-corrected chi connectivity index (χ4v) is 1.59. The fourth-order valence-electron chi connectivity index (χ4n) is 1.59. The van der Waals surface area contributed by atoms with Crippen LogP contribution >= 0.6 is 0 Å². The van der Waals surface area contributed by atoms with E-state index in [9.17, 15) is 9.50 Å². The Bertz CT molecular complexity index is 522. The third-order valence-electron chi connectivity index (χ3n) is 2.69. The molecular formula is C10H10FN5O. The van der Waals surface area contributed by atoms with Gasteiger partial charge in [-0.2, -0.15) is 4.68 Å². The van der Waals surface area contributed by atoms with Crippen LogP contribution in [0.25, 0.3) is 5.95 Å². The molecule has 88 valence electrons. The summed E-state index contributed by atoms with van der Waals surface area (Å²) in [4.78, 5) is 7.55. The monoisotopic (exact) mass is 235 g/mol. The molecule has 1 aliphatic carbocycles. The highest BCUT2D eigenvalue weighted by molar-refractivity contribution is 5.12. The minimum Gasteiger partial charge on any atom is -0.386 e. The fraction of sp³-hybridized carbons (Fsp3) is 0.400. The second-order valence-corrected chi connectivity index (χ2v) is 4.07. The van der Waals surface area contributed by atoms with Crippen LogP contribution in [-0.2, 0) is 0 Å². The number of aromatic nitrogens is 5. The summed E-state index contributed by atoms with van der Waals surface area (Å²) >= 11 is 0. The van der Waals surface area contributed by atoms with Crippen molar-refractivity contribution in [1.29, 1.82) is 0 Å². The molecule has 0 bridgehead atoms. The van der Waals surface area contributed by atoms with Crippen LogP contribution in [0.15, 0.2) is 18.6 Å². The Morgan fingerprint density at radius 1 is 1.35 bits per heavy atom. The molecule has 1 aliphatic rings. The Morgan fingerprint density at radius 3 is 2.71 bits per heavy atom. The van der Waals surface area contributed by atoms with Gasteiger partial charge in [0, 0.05) is 0 Å². The molecule has 0 radical (unpaired) electrons. The minimum atomic E-state index is -0.579. The number of hydrogen-bond acceptors (Lipinski definition) is 5. The van der Waals surface area contributed by atoms with Gasteiger partial charge < -0.3 is 5.11 Å². The summed E-state index contributed by atoms with van der Waals surface area (Å²) < 4.78 is 14.0. The van der Waals surface area contributed by atoms with Crippen molar-refractivity contribution in [2.45, 2.75) is 18.9 Å². The van der Waals surface area contributed by atoms with E-state index in [1.54, 1.807) is 6.20 Å². The molecule has 1 fully saturated rings. The average Bonchev–Trinajstić information content (AvgIpc) is 3.07. The molecule has 6 nitrogen and oxygen atoms in total. The van der Waals surface area contributed by atoms with Gasteiger partial charge in [0.1, 0.15) is 11.8 Å². The summed E-state index contributed by atoms with van der Waals surface area (Å²) in [6.45, 7) is 0. The summed E-state index contributed by atoms with van der Waals surface area (Å²) in [5.41, 5.74) is 0.500. The summed E-state index contributed by atoms with van der Waals surface area (Å²) in [6, 6.07) is 0. The molecule has 17 heavy (non-hydrogen) atoms. The van der Waals surface area contributed by atoms with Crippen LogP contribution in [0.2, 0.25) is 0 Å². The maximum atomic E-state index is 12.6. The van der Waals surface area contributed by atoms with Crippen molar-refractivity contribution < 1.29 is 9.50 Å². The van der Waals surface area contributed by atoms with Gasteiger partial charge in [-0.05, 0) is 18.8 Å². The molecule has 7 heteroatoms. The average molecular weight is 235 g/mol. The summed E-state index contributed by atoms with van der Waals surface area (Å²) in [5.74, 6) is 0.00883. The van der Waals surface area contributed by atoms with Crippen LogP contribution in [0, 0.1) is 11.7 Å². The number of rotatable bonds is 3. The maximum absolute atomic E-state index is 12.6. The van der Waals surface area contributed by atoms with Crippen LogP contribution < -0.4 is 0 Å². The highest BCUT2D eigenvalue weighted by Crippen LogP contribution is 2.40. The first-order valence-electron chi connectivity index (χ1n) is 5.32. The molecular weight excluding hydrogens is 225 g/mol. The van der Waals surface area contributed by atoms with E-state index in [0.29, 0.717) is 5.69 Å². The van der Waals surface area contributed by atoms with E-state index in [1.165, 1.54) is 4.68 Å². The van der Waals surface area contributed by atoms with Gasteiger partial charge in [-0.1, -0.05) is 5.21 Å². The highest BCUT2D eigenvalue weighted by atomic mass is 19.1. The van der Waals surface area contributed by atoms with Crippen molar-refractivity contribution in [2.24, 2.45) is 5.92 Å². The number of aliphatic hydroxyl groups is 1. The molecule has 1 saturated carbocycles. The largest absolute Gasteiger partial charge is 0.386 e. The van der Waals surface area contributed by atoms with Crippen LogP contribution in [-0.4, -0.2) is 30.1 Å². The smallest absolute Gasteiger partial charge is 0.252 e. The molecule has 2 aromatic rings. The van der Waals surface area contributed by atoms with Crippen LogP contribution in [0.1, 0.15) is 24.6 Å². The Labute approximate surface area is 96.1 Å². The molecule has 0 spiro atoms. The Kier molecular flexibility index (Phi) is 2.32. The van der Waals surface area contributed by atoms with Gasteiger partial charge in [-0.3, -0.25) is 0 Å². The zero-order valence-corrected chi connectivity index (χ0v) is 8.86. The van der Waals surface area contributed by atoms with E-state index >= 15 is 0 Å². The Morgan fingerprint density at radius 2 is 2.06 bits per heavy atom. The van der Waals surface area contributed by atoms with Gasteiger partial charge in [0.2, 0.25) is 0 Å². The lowest BCUT2D eigenvalue weighted by atomic mass is 10.2. The number of halogens is 1. The Hall–Kier alpha value is -1.89. The van der Waals surface area contributed by atoms with Crippen LogP contribution in [0.3, 0.4) is 0 Å². The van der Waals surface area contributed by atoms with E-state index in [1.807, 2.05) is 0 Å². The van der Waals surface area contributed by atoms with Crippen molar-refractivity contribution >= 4 is 0 Å². The molecule has 0 saturated heterocycles. The predicted octanol–water partition coefficient (Wildman–Crippen LogP) is 0.640. The van der Waals surface area contributed by atoms with Crippen molar-refractivity contribution in [2.75, 3.05) is 0 Å². The molecule has 1 atom stereocenters. The first-order valence-corrected chi connectivity index (χ1v) is 5.32. The second-order valence-electron chi connectivity index (χ2n) is 4.07. The van der Waals surface area contributed by atoms with E-state index in [4.69, 9.17) is 0 Å². The normalized spacial score (nSPS) is 17.1. The van der Waals surface area contributed by atoms with E-state index in [2.05, 4.69) is 20.3 Å². The van der Waals surface area contributed by atoms with Crippen molar-refractivity contribution in [3.63, 3.8) is 0 Å². The SMILES string of the molecule is O[C@H](c1cn(-c2ncc(F)cn2)nn1)C1CC1. The molecule has 1 N–H and O–H groups in total. The topological polar surface area (TPSA) is 76.7 Å². The third kappa shape index (κ3) is 2.01. The van der Waals surface area contributed by atoms with Gasteiger partial charge in [0.25, 0.3) is 5.95 Å². The van der Waals surface area contributed by atoms with Gasteiger partial charge >= 0.3 is 0 Å². The standard InChI is InChI=1S/C10H10FN5O/c11-7-3-12-10(13-4-7)16-5-8(14-15-16)9(17)6-1-2-6/h3-6,9,17H,1-2H2/t9-/m0/s1. The zero-order chi connectivity index (χ0) is 11.8. The summed E-state index contributed by atoms with van der Waals surface area (Å²) in [7, 11) is 0. The highest BCUT2D eigenvalue weighted by Gasteiger charge is 2.32. The van der Waals surface area contributed by atoms with Crippen molar-refractivity contribution in [1.82, 2.24) is 25.0 Å². The molecule has 0 aliphatic heterocycles. The number of hydrogen-bond donors (Lipinski definition) is 1. The van der Waals surface area contributed by atoms with E-state index in [-0.39, 0.29) is 11.9 Å². The summed E-state index contributed by atoms with van der Waals surface area (Å²) in [5, 5.41) is 17.5. The zero-order valence-electron chi connectivity index (χ0n) is 8.86. The second kappa shape index (κ2) is 3.85. The molecule has 3 rings (SSSR count). The maximum Gasteiger partial charge on any atom is 0.252 e. The van der Waals surface area contributed by atoms with Crippen LogP contribution in [0.5, 0.6) is 0 Å². The third-order valence-corrected chi connectivity index (χ3v) is 2.69. The van der Waals surface area contributed by atoms with Crippen molar-refractivity contribution in [3.8, 4) is 5.95 Å². The molecule has 0 unspecified atom stereocenters. The van der Waals surface area contributed by atoms with Gasteiger partial charge in [-0.25, -0.2) is 14.4 Å². The van der Waals surface area contributed by atoms with E-state index in [0.717, 1.165) is 25.2 Å². The van der Waals surface area contributed by atoms with Gasteiger partial charge in [-0.15, -0.1) is 5.10 Å². The molecule has 0 aromatic carbocycles. The molecule has 2 aromatic heterocycles. The lowest BCUT2D eigenvalue weighted by Crippen LogP contribution is -2.02. The van der Waals surface area contributed by atoms with Gasteiger partial charge in [0.15, 0.2) is 5.82 Å². The van der Waals surface area contributed by atoms with Gasteiger partial charge in [0.05, 0.1) is 18.6 Å². The number of aliphatic hydroxyl groups excluding tert-OH is 1. The lowest BCUT2D eigenvalue weighted by Gasteiger charge is -2.02. The quantitative estimate of drug-likeness (QED) is 0.844. The first-order chi connectivity index (χ1) is 8.24. The minimum absolute atomic E-state index is 0.230. The van der Waals surface area contributed by atoms with Crippen molar-refractivity contribution in [3.05, 3.63) is 30.1 Å². The molecule has 2 heterocycles.